The Kier molecular flexibility index (Phi) is 6.09. The smallest absolute Gasteiger partial charge is 0.243 e. The van der Waals surface area contributed by atoms with Crippen LogP contribution in [0.4, 0.5) is 11.4 Å². The van der Waals surface area contributed by atoms with Gasteiger partial charge >= 0.3 is 0 Å². The predicted molar refractivity (Wildman–Crippen MR) is 124 cm³/mol. The van der Waals surface area contributed by atoms with Crippen LogP contribution >= 0.6 is 0 Å². The SMILES string of the molecule is CC(=O)N1c2ccc(S(=O)(=O)N3CCC(C(=O)Nc4ccc(C)cc4)CC3)cc2CC1C. The molecule has 2 aliphatic heterocycles. The molecule has 1 fully saturated rings. The van der Waals surface area contributed by atoms with Crippen molar-refractivity contribution in [2.24, 2.45) is 5.92 Å². The fourth-order valence-electron chi connectivity index (χ4n) is 4.64. The first kappa shape index (κ1) is 22.5. The first-order chi connectivity index (χ1) is 15.2. The Morgan fingerprint density at radius 2 is 1.69 bits per heavy atom. The summed E-state index contributed by atoms with van der Waals surface area (Å²) in [5, 5.41) is 2.93. The molecule has 0 saturated carbocycles. The van der Waals surface area contributed by atoms with Gasteiger partial charge in [0.1, 0.15) is 0 Å². The molecule has 2 aromatic rings. The number of anilines is 2. The monoisotopic (exact) mass is 455 g/mol. The van der Waals surface area contributed by atoms with Gasteiger partial charge in [0.05, 0.1) is 4.90 Å². The lowest BCUT2D eigenvalue weighted by Gasteiger charge is -2.30. The number of aryl methyl sites for hydroxylation is 1. The summed E-state index contributed by atoms with van der Waals surface area (Å²) >= 11 is 0. The van der Waals surface area contributed by atoms with Crippen LogP contribution in [0.1, 0.15) is 37.8 Å². The maximum Gasteiger partial charge on any atom is 0.243 e. The predicted octanol–water partition coefficient (Wildman–Crippen LogP) is 3.33. The van der Waals surface area contributed by atoms with Crippen molar-refractivity contribution >= 4 is 33.2 Å². The number of nitrogens with zero attached hydrogens (tertiary/aromatic N) is 2. The van der Waals surface area contributed by atoms with Crippen LogP contribution < -0.4 is 10.2 Å². The second-order valence-electron chi connectivity index (χ2n) is 8.77. The minimum Gasteiger partial charge on any atom is -0.326 e. The Morgan fingerprint density at radius 3 is 2.31 bits per heavy atom. The fraction of sp³-hybridized carbons (Fsp3) is 0.417. The van der Waals surface area contributed by atoms with Crippen LogP contribution in [-0.2, 0) is 26.0 Å². The lowest BCUT2D eigenvalue weighted by atomic mass is 9.97. The van der Waals surface area contributed by atoms with Crippen LogP contribution in [0.25, 0.3) is 0 Å². The maximum atomic E-state index is 13.2. The first-order valence-corrected chi connectivity index (χ1v) is 12.4. The molecule has 0 spiro atoms. The summed E-state index contributed by atoms with van der Waals surface area (Å²) < 4.78 is 27.9. The van der Waals surface area contributed by atoms with Crippen LogP contribution in [0.15, 0.2) is 47.4 Å². The summed E-state index contributed by atoms with van der Waals surface area (Å²) in [6.07, 6.45) is 1.60. The van der Waals surface area contributed by atoms with Crippen molar-refractivity contribution in [3.05, 3.63) is 53.6 Å². The quantitative estimate of drug-likeness (QED) is 0.766. The largest absolute Gasteiger partial charge is 0.326 e. The molecule has 32 heavy (non-hydrogen) atoms. The summed E-state index contributed by atoms with van der Waals surface area (Å²) in [5.41, 5.74) is 3.54. The number of rotatable bonds is 4. The summed E-state index contributed by atoms with van der Waals surface area (Å²) in [4.78, 5) is 26.5. The van der Waals surface area contributed by atoms with E-state index in [1.807, 2.05) is 38.1 Å². The number of nitrogens with one attached hydrogen (secondary N) is 1. The van der Waals surface area contributed by atoms with Crippen molar-refractivity contribution < 1.29 is 18.0 Å². The van der Waals surface area contributed by atoms with E-state index in [0.29, 0.717) is 32.4 Å². The Labute approximate surface area is 189 Å². The standard InChI is InChI=1S/C24H29N3O4S/c1-16-4-6-21(7-5-16)25-24(29)19-10-12-26(13-11-19)32(30,31)22-8-9-23-20(15-22)14-17(2)27(23)18(3)28/h4-9,15,17,19H,10-14H2,1-3H3,(H,25,29). The number of sulfonamides is 1. The number of amides is 2. The zero-order valence-electron chi connectivity index (χ0n) is 18.7. The highest BCUT2D eigenvalue weighted by Crippen LogP contribution is 2.35. The molecule has 170 valence electrons. The molecule has 1 saturated heterocycles. The van der Waals surface area contributed by atoms with E-state index in [1.54, 1.807) is 23.1 Å². The molecule has 8 heteroatoms. The number of hydrogen-bond acceptors (Lipinski definition) is 4. The number of hydrogen-bond donors (Lipinski definition) is 1. The Morgan fingerprint density at radius 1 is 1.03 bits per heavy atom. The lowest BCUT2D eigenvalue weighted by Crippen LogP contribution is -2.41. The molecule has 2 aromatic carbocycles. The van der Waals surface area contributed by atoms with Crippen LogP contribution in [0.2, 0.25) is 0 Å². The number of fused-ring (bicyclic) bond motifs is 1. The zero-order valence-corrected chi connectivity index (χ0v) is 19.5. The summed E-state index contributed by atoms with van der Waals surface area (Å²) in [7, 11) is -3.65. The summed E-state index contributed by atoms with van der Waals surface area (Å²) in [5.74, 6) is -0.327. The topological polar surface area (TPSA) is 86.8 Å². The van der Waals surface area contributed by atoms with Gasteiger partial charge in [-0.2, -0.15) is 4.31 Å². The second-order valence-corrected chi connectivity index (χ2v) is 10.7. The van der Waals surface area contributed by atoms with Crippen LogP contribution in [0.5, 0.6) is 0 Å². The Balaban J connectivity index is 1.42. The van der Waals surface area contributed by atoms with E-state index < -0.39 is 10.0 Å². The van der Waals surface area contributed by atoms with Gasteiger partial charge in [0.15, 0.2) is 0 Å². The summed E-state index contributed by atoms with van der Waals surface area (Å²) in [6, 6.07) is 12.6. The fourth-order valence-corrected chi connectivity index (χ4v) is 6.16. The number of benzene rings is 2. The van der Waals surface area contributed by atoms with Gasteiger partial charge in [0.25, 0.3) is 0 Å². The van der Waals surface area contributed by atoms with Gasteiger partial charge in [-0.05, 0) is 69.0 Å². The van der Waals surface area contributed by atoms with Crippen molar-refractivity contribution in [2.45, 2.75) is 51.0 Å². The minimum absolute atomic E-state index is 0.0169. The Hall–Kier alpha value is -2.71. The number of carbonyl (C=O) groups excluding carboxylic acids is 2. The molecule has 0 aromatic heterocycles. The third kappa shape index (κ3) is 4.29. The average molecular weight is 456 g/mol. The van der Waals surface area contributed by atoms with E-state index in [-0.39, 0.29) is 28.7 Å². The third-order valence-electron chi connectivity index (χ3n) is 6.39. The van der Waals surface area contributed by atoms with Crippen LogP contribution in [0.3, 0.4) is 0 Å². The number of piperidine rings is 1. The van der Waals surface area contributed by atoms with Gasteiger partial charge in [-0.1, -0.05) is 17.7 Å². The molecule has 1 atom stereocenters. The van der Waals surface area contributed by atoms with E-state index in [1.165, 1.54) is 11.2 Å². The molecule has 0 radical (unpaired) electrons. The average Bonchev–Trinajstić information content (AvgIpc) is 3.10. The van der Waals surface area contributed by atoms with Gasteiger partial charge < -0.3 is 10.2 Å². The molecule has 4 rings (SSSR count). The molecule has 7 nitrogen and oxygen atoms in total. The molecule has 2 aliphatic rings. The molecule has 2 amide bonds. The van der Waals surface area contributed by atoms with E-state index >= 15 is 0 Å². The highest BCUT2D eigenvalue weighted by atomic mass is 32.2. The van der Waals surface area contributed by atoms with Crippen LogP contribution in [0, 0.1) is 12.8 Å². The van der Waals surface area contributed by atoms with Crippen molar-refractivity contribution in [1.82, 2.24) is 4.31 Å². The van der Waals surface area contributed by atoms with Crippen molar-refractivity contribution in [3.63, 3.8) is 0 Å². The minimum atomic E-state index is -3.65. The first-order valence-electron chi connectivity index (χ1n) is 11.0. The van der Waals surface area contributed by atoms with Crippen molar-refractivity contribution in [2.75, 3.05) is 23.3 Å². The molecule has 1 N–H and O–H groups in total. The van der Waals surface area contributed by atoms with Gasteiger partial charge in [-0.25, -0.2) is 8.42 Å². The van der Waals surface area contributed by atoms with Gasteiger partial charge in [-0.15, -0.1) is 0 Å². The van der Waals surface area contributed by atoms with Gasteiger partial charge in [-0.3, -0.25) is 9.59 Å². The summed E-state index contributed by atoms with van der Waals surface area (Å²) in [6.45, 7) is 6.09. The second kappa shape index (κ2) is 8.67. The highest BCUT2D eigenvalue weighted by Gasteiger charge is 2.34. The van der Waals surface area contributed by atoms with E-state index in [4.69, 9.17) is 0 Å². The van der Waals surface area contributed by atoms with E-state index in [2.05, 4.69) is 5.32 Å². The van der Waals surface area contributed by atoms with Crippen LogP contribution in [-0.4, -0.2) is 43.7 Å². The van der Waals surface area contributed by atoms with Crippen molar-refractivity contribution in [1.29, 1.82) is 0 Å². The van der Waals surface area contributed by atoms with Gasteiger partial charge in [0, 0.05) is 43.3 Å². The lowest BCUT2D eigenvalue weighted by molar-refractivity contribution is -0.121. The third-order valence-corrected chi connectivity index (χ3v) is 8.28. The van der Waals surface area contributed by atoms with Crippen molar-refractivity contribution in [3.8, 4) is 0 Å². The highest BCUT2D eigenvalue weighted by molar-refractivity contribution is 7.89. The number of carbonyl (C=O) groups is 2. The molecular weight excluding hydrogens is 426 g/mol. The molecule has 0 bridgehead atoms. The molecule has 1 unspecified atom stereocenters. The van der Waals surface area contributed by atoms with Gasteiger partial charge in [0.2, 0.25) is 21.8 Å². The normalized spacial score (nSPS) is 19.6. The zero-order chi connectivity index (χ0) is 23.0. The van der Waals surface area contributed by atoms with E-state index in [0.717, 1.165) is 22.5 Å². The Bertz CT molecular complexity index is 1140. The molecular formula is C24H29N3O4S. The molecule has 0 aliphatic carbocycles. The van der Waals surface area contributed by atoms with E-state index in [9.17, 15) is 18.0 Å². The molecule has 2 heterocycles. The maximum absolute atomic E-state index is 13.2.